The standard InChI is InChI=1S/2C8H17.Al.H2/c2*1-4-6-7-8(3)5-2;;/h2*8H,3-7H2,1-2H3;;1H. The van der Waals surface area contributed by atoms with Gasteiger partial charge in [0.15, 0.2) is 0 Å². The second kappa shape index (κ2) is 13.0. The van der Waals surface area contributed by atoms with Crippen LogP contribution in [-0.2, 0) is 0 Å². The van der Waals surface area contributed by atoms with E-state index in [2.05, 4.69) is 27.7 Å². The van der Waals surface area contributed by atoms with Crippen molar-refractivity contribution >= 4 is 15.2 Å². The summed E-state index contributed by atoms with van der Waals surface area (Å²) in [6, 6.07) is 0. The van der Waals surface area contributed by atoms with E-state index in [0.29, 0.717) is 0 Å². The zero-order valence-corrected chi connectivity index (χ0v) is 14.0. The lowest BCUT2D eigenvalue weighted by Crippen LogP contribution is -2.08. The van der Waals surface area contributed by atoms with Crippen molar-refractivity contribution in [1.29, 1.82) is 0 Å². The van der Waals surface area contributed by atoms with E-state index in [0.717, 1.165) is 27.1 Å². The lowest BCUT2D eigenvalue weighted by atomic mass is 10.0. The molecule has 17 heavy (non-hydrogen) atoms. The smallest absolute Gasteiger partial charge is 0.101 e. The lowest BCUT2D eigenvalue weighted by Gasteiger charge is -2.17. The number of unbranched alkanes of at least 4 members (excludes halogenated alkanes) is 2. The molecule has 0 bridgehead atoms. The summed E-state index contributed by atoms with van der Waals surface area (Å²) in [7, 11) is 0. The number of rotatable bonds is 12. The van der Waals surface area contributed by atoms with Crippen LogP contribution in [0.4, 0.5) is 0 Å². The second-order valence-electron chi connectivity index (χ2n) is 5.59. The van der Waals surface area contributed by atoms with Crippen LogP contribution < -0.4 is 0 Å². The summed E-state index contributed by atoms with van der Waals surface area (Å²) in [5.74, 6) is 2.10. The maximum Gasteiger partial charge on any atom is 0.200 e. The van der Waals surface area contributed by atoms with E-state index in [4.69, 9.17) is 0 Å². The molecule has 0 aliphatic rings. The van der Waals surface area contributed by atoms with Crippen LogP contribution in [0.3, 0.4) is 0 Å². The molecule has 0 aromatic carbocycles. The fourth-order valence-electron chi connectivity index (χ4n) is 2.53. The van der Waals surface area contributed by atoms with Crippen molar-refractivity contribution in [3.63, 3.8) is 0 Å². The summed E-state index contributed by atoms with van der Waals surface area (Å²) in [4.78, 5) is 0. The summed E-state index contributed by atoms with van der Waals surface area (Å²) in [5.41, 5.74) is 0. The van der Waals surface area contributed by atoms with Crippen LogP contribution >= 0.6 is 0 Å². The molecule has 0 fully saturated rings. The molecule has 2 unspecified atom stereocenters. The van der Waals surface area contributed by atoms with Crippen molar-refractivity contribution in [2.24, 2.45) is 11.8 Å². The molecule has 0 aliphatic carbocycles. The van der Waals surface area contributed by atoms with Gasteiger partial charge in [-0.3, -0.25) is 0 Å². The van der Waals surface area contributed by atoms with Gasteiger partial charge in [0.05, 0.1) is 0 Å². The molecule has 0 aromatic heterocycles. The Kier molecular flexibility index (Phi) is 13.4. The highest BCUT2D eigenvalue weighted by Crippen LogP contribution is 2.21. The van der Waals surface area contributed by atoms with Gasteiger partial charge in [-0.25, -0.2) is 0 Å². The average molecular weight is 255 g/mol. The largest absolute Gasteiger partial charge is 0.200 e. The molecule has 0 aliphatic heterocycles. The Morgan fingerprint density at radius 3 is 1.47 bits per heavy atom. The summed E-state index contributed by atoms with van der Waals surface area (Å²) < 4.78 is 0. The summed E-state index contributed by atoms with van der Waals surface area (Å²) in [6.07, 6.45) is 11.5. The van der Waals surface area contributed by atoms with Gasteiger partial charge in [-0.05, 0) is 0 Å². The first kappa shape index (κ1) is 17.5. The van der Waals surface area contributed by atoms with Gasteiger partial charge in [0.1, 0.15) is 0 Å². The van der Waals surface area contributed by atoms with Crippen LogP contribution in [0.15, 0.2) is 0 Å². The second-order valence-corrected chi connectivity index (χ2v) is 7.11. The third kappa shape index (κ3) is 10.2. The SMILES string of the molecule is CCCCC(CC)[CH2][Al][CH2]C(CC)CCCC.[HH]. The molecular formula is C16H36Al. The Morgan fingerprint density at radius 1 is 0.765 bits per heavy atom. The van der Waals surface area contributed by atoms with Crippen LogP contribution in [0.5, 0.6) is 0 Å². The molecule has 0 aromatic rings. The Bertz CT molecular complexity index is 134. The van der Waals surface area contributed by atoms with E-state index < -0.39 is 0 Å². The number of hydrogen-bond acceptors (Lipinski definition) is 0. The monoisotopic (exact) mass is 255 g/mol. The van der Waals surface area contributed by atoms with Gasteiger partial charge < -0.3 is 0 Å². The molecule has 103 valence electrons. The maximum atomic E-state index is 2.38. The van der Waals surface area contributed by atoms with E-state index in [1.54, 1.807) is 10.6 Å². The molecular weight excluding hydrogens is 219 g/mol. The van der Waals surface area contributed by atoms with Crippen molar-refractivity contribution < 1.29 is 1.43 Å². The average Bonchev–Trinajstić information content (AvgIpc) is 2.37. The van der Waals surface area contributed by atoms with Crippen LogP contribution in [0.2, 0.25) is 10.6 Å². The van der Waals surface area contributed by atoms with Crippen molar-refractivity contribution in [2.75, 3.05) is 0 Å². The highest BCUT2D eigenvalue weighted by Gasteiger charge is 2.10. The minimum absolute atomic E-state index is 0. The highest BCUT2D eigenvalue weighted by molar-refractivity contribution is 6.35. The van der Waals surface area contributed by atoms with Gasteiger partial charge in [0.2, 0.25) is 15.2 Å². The zero-order valence-electron chi connectivity index (χ0n) is 12.8. The molecule has 0 saturated carbocycles. The first-order valence-electron chi connectivity index (χ1n) is 8.09. The predicted molar refractivity (Wildman–Crippen MR) is 84.1 cm³/mol. The summed E-state index contributed by atoms with van der Waals surface area (Å²) in [6.45, 7) is 9.40. The van der Waals surface area contributed by atoms with Crippen LogP contribution in [0.25, 0.3) is 0 Å². The molecule has 0 amide bonds. The highest BCUT2D eigenvalue weighted by atomic mass is 27.1. The fourth-order valence-corrected chi connectivity index (χ4v) is 4.80. The number of hydrogen-bond donors (Lipinski definition) is 0. The van der Waals surface area contributed by atoms with Gasteiger partial charge in [-0.15, -0.1) is 10.6 Å². The van der Waals surface area contributed by atoms with E-state index in [9.17, 15) is 0 Å². The van der Waals surface area contributed by atoms with Crippen molar-refractivity contribution in [2.45, 2.75) is 89.6 Å². The molecule has 0 nitrogen and oxygen atoms in total. The van der Waals surface area contributed by atoms with Gasteiger partial charge in [0.25, 0.3) is 0 Å². The molecule has 1 heteroatoms. The van der Waals surface area contributed by atoms with Gasteiger partial charge in [-0.2, -0.15) is 0 Å². The lowest BCUT2D eigenvalue weighted by molar-refractivity contribution is 0.474. The van der Waals surface area contributed by atoms with E-state index in [1.807, 2.05) is 0 Å². The Balaban J connectivity index is 0. The van der Waals surface area contributed by atoms with Crippen molar-refractivity contribution in [1.82, 2.24) is 0 Å². The molecule has 2 atom stereocenters. The topological polar surface area (TPSA) is 0 Å². The first-order chi connectivity index (χ1) is 8.28. The van der Waals surface area contributed by atoms with E-state index >= 15 is 0 Å². The Labute approximate surface area is 118 Å². The fraction of sp³-hybridized carbons (Fsp3) is 1.00. The summed E-state index contributed by atoms with van der Waals surface area (Å²) in [5, 5.41) is 3.14. The van der Waals surface area contributed by atoms with Gasteiger partial charge in [0, 0.05) is 1.43 Å². The minimum atomic E-state index is 0. The normalized spacial score (nSPS) is 14.6. The summed E-state index contributed by atoms with van der Waals surface area (Å²) >= 11 is 0.734. The predicted octanol–water partition coefficient (Wildman–Crippen LogP) is 6.21. The molecule has 1 radical (unpaired) electrons. The van der Waals surface area contributed by atoms with Crippen molar-refractivity contribution in [3.8, 4) is 0 Å². The molecule has 0 N–H and O–H groups in total. The van der Waals surface area contributed by atoms with Crippen molar-refractivity contribution in [3.05, 3.63) is 0 Å². The third-order valence-electron chi connectivity index (χ3n) is 4.09. The Hall–Kier alpha value is 0.532. The van der Waals surface area contributed by atoms with Crippen LogP contribution in [-0.4, -0.2) is 15.2 Å². The molecule has 0 heterocycles. The van der Waals surface area contributed by atoms with Crippen LogP contribution in [0, 0.1) is 11.8 Å². The zero-order chi connectivity index (χ0) is 12.9. The third-order valence-corrected chi connectivity index (χ3v) is 6.09. The Morgan fingerprint density at radius 2 is 1.18 bits per heavy atom. The molecule has 0 rings (SSSR count). The first-order valence-corrected chi connectivity index (χ1v) is 9.73. The quantitative estimate of drug-likeness (QED) is 0.364. The molecule has 0 saturated heterocycles. The van der Waals surface area contributed by atoms with E-state index in [-0.39, 0.29) is 1.43 Å². The van der Waals surface area contributed by atoms with E-state index in [1.165, 1.54) is 51.4 Å². The maximum absolute atomic E-state index is 2.38. The van der Waals surface area contributed by atoms with Crippen LogP contribution in [0.1, 0.15) is 80.5 Å². The van der Waals surface area contributed by atoms with Gasteiger partial charge >= 0.3 is 0 Å². The van der Waals surface area contributed by atoms with Gasteiger partial charge in [-0.1, -0.05) is 90.9 Å². The molecule has 0 spiro atoms. The minimum Gasteiger partial charge on any atom is -0.101 e.